The van der Waals surface area contributed by atoms with Gasteiger partial charge in [-0.3, -0.25) is 0 Å². The molecule has 3 aromatic heterocycles. The third-order valence-electron chi connectivity index (χ3n) is 2.23. The fourth-order valence-corrected chi connectivity index (χ4v) is 1.43. The van der Waals surface area contributed by atoms with Crippen LogP contribution < -0.4 is 5.73 Å². The first-order chi connectivity index (χ1) is 8.83. The molecule has 18 heavy (non-hydrogen) atoms. The number of hydrogen-bond donors (Lipinski definition) is 1. The molecule has 3 heterocycles. The van der Waals surface area contributed by atoms with Crippen molar-refractivity contribution in [2.75, 3.05) is 5.73 Å². The number of pyridine rings is 1. The highest BCUT2D eigenvalue weighted by atomic mass is 16.5. The molecule has 0 aliphatic carbocycles. The maximum atomic E-state index is 5.59. The Bertz CT molecular complexity index is 666. The Morgan fingerprint density at radius 1 is 1.06 bits per heavy atom. The molecule has 0 spiro atoms. The number of nitrogens with zero attached hydrogens (tertiary/aromatic N) is 5. The maximum Gasteiger partial charge on any atom is 0.276 e. The van der Waals surface area contributed by atoms with E-state index >= 15 is 0 Å². The molecule has 0 fully saturated rings. The van der Waals surface area contributed by atoms with Crippen molar-refractivity contribution >= 4 is 5.82 Å². The topological polar surface area (TPSA) is 104 Å². The predicted octanol–water partition coefficient (Wildman–Crippen LogP) is 1.17. The summed E-state index contributed by atoms with van der Waals surface area (Å²) in [6, 6.07) is 6.90. The Labute approximate surface area is 102 Å². The Kier molecular flexibility index (Phi) is 2.41. The lowest BCUT2D eigenvalue weighted by Crippen LogP contribution is -1.91. The molecule has 0 bridgehead atoms. The molecule has 88 valence electrons. The molecular weight excluding hydrogens is 232 g/mol. The SMILES string of the molecule is Nc1cccc(-c2nc(-c3ccncn3)no2)n1. The van der Waals surface area contributed by atoms with Crippen LogP contribution in [0.4, 0.5) is 5.82 Å². The van der Waals surface area contributed by atoms with Crippen molar-refractivity contribution in [2.24, 2.45) is 0 Å². The van der Waals surface area contributed by atoms with Crippen LogP contribution in [0.2, 0.25) is 0 Å². The highest BCUT2D eigenvalue weighted by Crippen LogP contribution is 2.19. The van der Waals surface area contributed by atoms with Crippen molar-refractivity contribution in [2.45, 2.75) is 0 Å². The van der Waals surface area contributed by atoms with Gasteiger partial charge in [0.25, 0.3) is 5.89 Å². The van der Waals surface area contributed by atoms with Crippen LogP contribution in [0.15, 0.2) is 41.3 Å². The van der Waals surface area contributed by atoms with Crippen molar-refractivity contribution in [1.29, 1.82) is 0 Å². The second kappa shape index (κ2) is 4.21. The number of aromatic nitrogens is 5. The van der Waals surface area contributed by atoms with Crippen LogP contribution in [0.1, 0.15) is 0 Å². The van der Waals surface area contributed by atoms with Gasteiger partial charge in [-0.25, -0.2) is 15.0 Å². The van der Waals surface area contributed by atoms with Crippen molar-refractivity contribution in [3.63, 3.8) is 0 Å². The van der Waals surface area contributed by atoms with Gasteiger partial charge < -0.3 is 10.3 Å². The summed E-state index contributed by atoms with van der Waals surface area (Å²) >= 11 is 0. The van der Waals surface area contributed by atoms with E-state index in [1.807, 2.05) is 0 Å². The Morgan fingerprint density at radius 2 is 2.00 bits per heavy atom. The van der Waals surface area contributed by atoms with Crippen LogP contribution in [0.3, 0.4) is 0 Å². The molecule has 0 aliphatic rings. The number of anilines is 1. The monoisotopic (exact) mass is 240 g/mol. The number of hydrogen-bond acceptors (Lipinski definition) is 7. The highest BCUT2D eigenvalue weighted by molar-refractivity contribution is 5.55. The van der Waals surface area contributed by atoms with Gasteiger partial charge in [-0.1, -0.05) is 11.2 Å². The van der Waals surface area contributed by atoms with Gasteiger partial charge in [-0.2, -0.15) is 4.98 Å². The number of nitrogen functional groups attached to an aromatic ring is 1. The number of rotatable bonds is 2. The molecule has 0 saturated heterocycles. The minimum atomic E-state index is 0.302. The van der Waals surface area contributed by atoms with E-state index in [1.54, 1.807) is 30.5 Å². The zero-order valence-electron chi connectivity index (χ0n) is 9.19. The fourth-order valence-electron chi connectivity index (χ4n) is 1.43. The summed E-state index contributed by atoms with van der Waals surface area (Å²) in [6.07, 6.45) is 3.03. The van der Waals surface area contributed by atoms with Crippen LogP contribution in [0.5, 0.6) is 0 Å². The Hall–Kier alpha value is -2.83. The first-order valence-corrected chi connectivity index (χ1v) is 5.16. The molecule has 2 N–H and O–H groups in total. The summed E-state index contributed by atoms with van der Waals surface area (Å²) in [5.41, 5.74) is 6.71. The first kappa shape index (κ1) is 10.3. The molecule has 0 aromatic carbocycles. The van der Waals surface area contributed by atoms with Crippen LogP contribution in [0.25, 0.3) is 23.1 Å². The standard InChI is InChI=1S/C11H8N6O/c12-9-3-1-2-8(15-9)11-16-10(17-18-11)7-4-5-13-6-14-7/h1-6H,(H2,12,15). The van der Waals surface area contributed by atoms with Crippen molar-refractivity contribution in [3.8, 4) is 23.1 Å². The van der Waals surface area contributed by atoms with Crippen molar-refractivity contribution in [3.05, 3.63) is 36.8 Å². The highest BCUT2D eigenvalue weighted by Gasteiger charge is 2.12. The molecule has 0 atom stereocenters. The minimum Gasteiger partial charge on any atom is -0.384 e. The van der Waals surface area contributed by atoms with Crippen molar-refractivity contribution < 1.29 is 4.52 Å². The van der Waals surface area contributed by atoms with Crippen LogP contribution in [0, 0.1) is 0 Å². The van der Waals surface area contributed by atoms with E-state index in [0.717, 1.165) is 0 Å². The van der Waals surface area contributed by atoms with Crippen molar-refractivity contribution in [1.82, 2.24) is 25.1 Å². The largest absolute Gasteiger partial charge is 0.384 e. The zero-order chi connectivity index (χ0) is 12.4. The van der Waals surface area contributed by atoms with E-state index in [9.17, 15) is 0 Å². The quantitative estimate of drug-likeness (QED) is 0.716. The van der Waals surface area contributed by atoms with E-state index in [-0.39, 0.29) is 0 Å². The Morgan fingerprint density at radius 3 is 2.78 bits per heavy atom. The lowest BCUT2D eigenvalue weighted by molar-refractivity contribution is 0.431. The number of nitrogens with two attached hydrogens (primary N) is 1. The van der Waals surface area contributed by atoms with E-state index in [1.165, 1.54) is 6.33 Å². The first-order valence-electron chi connectivity index (χ1n) is 5.16. The molecule has 0 saturated carbocycles. The summed E-state index contributed by atoms with van der Waals surface area (Å²) in [6.45, 7) is 0. The second-order valence-corrected chi connectivity index (χ2v) is 3.47. The van der Waals surface area contributed by atoms with E-state index in [2.05, 4.69) is 25.1 Å². The van der Waals surface area contributed by atoms with Crippen LogP contribution >= 0.6 is 0 Å². The summed E-state index contributed by atoms with van der Waals surface area (Å²) < 4.78 is 5.12. The molecule has 0 unspecified atom stereocenters. The summed E-state index contributed by atoms with van der Waals surface area (Å²) in [5, 5.41) is 3.84. The van der Waals surface area contributed by atoms with Crippen LogP contribution in [-0.4, -0.2) is 25.1 Å². The second-order valence-electron chi connectivity index (χ2n) is 3.47. The molecule has 0 radical (unpaired) electrons. The van der Waals surface area contributed by atoms with E-state index in [4.69, 9.17) is 10.3 Å². The maximum absolute atomic E-state index is 5.59. The van der Waals surface area contributed by atoms with Gasteiger partial charge in [0.1, 0.15) is 23.5 Å². The predicted molar refractivity (Wildman–Crippen MR) is 63.0 cm³/mol. The zero-order valence-corrected chi connectivity index (χ0v) is 9.19. The van der Waals surface area contributed by atoms with Gasteiger partial charge in [-0.15, -0.1) is 0 Å². The van der Waals surface area contributed by atoms with Gasteiger partial charge in [0.05, 0.1) is 0 Å². The lowest BCUT2D eigenvalue weighted by atomic mass is 10.3. The molecule has 0 amide bonds. The smallest absolute Gasteiger partial charge is 0.276 e. The third kappa shape index (κ3) is 1.88. The third-order valence-corrected chi connectivity index (χ3v) is 2.23. The van der Waals surface area contributed by atoms with Gasteiger partial charge >= 0.3 is 0 Å². The molecular formula is C11H8N6O. The average molecular weight is 240 g/mol. The van der Waals surface area contributed by atoms with E-state index < -0.39 is 0 Å². The lowest BCUT2D eigenvalue weighted by Gasteiger charge is -1.94. The summed E-state index contributed by atoms with van der Waals surface area (Å²) in [4.78, 5) is 16.2. The van der Waals surface area contributed by atoms with Gasteiger partial charge in [0.15, 0.2) is 0 Å². The molecule has 7 heteroatoms. The summed E-state index contributed by atoms with van der Waals surface area (Å²) in [7, 11) is 0. The summed E-state index contributed by atoms with van der Waals surface area (Å²) in [5.74, 6) is 1.09. The normalized spacial score (nSPS) is 10.4. The fraction of sp³-hybridized carbons (Fsp3) is 0. The van der Waals surface area contributed by atoms with Gasteiger partial charge in [-0.05, 0) is 18.2 Å². The molecule has 3 rings (SSSR count). The van der Waals surface area contributed by atoms with Gasteiger partial charge in [0, 0.05) is 6.20 Å². The van der Waals surface area contributed by atoms with Gasteiger partial charge in [0.2, 0.25) is 5.82 Å². The average Bonchev–Trinajstić information content (AvgIpc) is 2.89. The van der Waals surface area contributed by atoms with E-state index in [0.29, 0.717) is 28.9 Å². The molecule has 7 nitrogen and oxygen atoms in total. The molecule has 3 aromatic rings. The molecule has 0 aliphatic heterocycles. The Balaban J connectivity index is 2.00. The minimum absolute atomic E-state index is 0.302. The van der Waals surface area contributed by atoms with Crippen LogP contribution in [-0.2, 0) is 0 Å².